The molecule has 1 aliphatic heterocycles. The second-order valence-corrected chi connectivity index (χ2v) is 8.46. The van der Waals surface area contributed by atoms with Gasteiger partial charge in [0.1, 0.15) is 19.0 Å². The summed E-state index contributed by atoms with van der Waals surface area (Å²) in [6.07, 6.45) is 0.950. The molecule has 0 aliphatic carbocycles. The Morgan fingerprint density at radius 1 is 0.735 bits per heavy atom. The lowest BCUT2D eigenvalue weighted by atomic mass is 9.89. The summed E-state index contributed by atoms with van der Waals surface area (Å²) in [5.41, 5.74) is 5.95. The molecule has 1 aliphatic rings. The predicted octanol–water partition coefficient (Wildman–Crippen LogP) is 6.09. The second-order valence-electron chi connectivity index (χ2n) is 8.46. The van der Waals surface area contributed by atoms with E-state index < -0.39 is 0 Å². The van der Waals surface area contributed by atoms with Crippen molar-refractivity contribution in [3.63, 3.8) is 0 Å². The van der Waals surface area contributed by atoms with Crippen molar-refractivity contribution in [3.05, 3.63) is 125 Å². The summed E-state index contributed by atoms with van der Waals surface area (Å²) < 4.78 is 18.0. The monoisotopic (exact) mass is 451 g/mol. The summed E-state index contributed by atoms with van der Waals surface area (Å²) in [7, 11) is 1.70. The summed E-state index contributed by atoms with van der Waals surface area (Å²) in [6.45, 7) is 1.95. The van der Waals surface area contributed by atoms with E-state index in [1.165, 1.54) is 16.7 Å². The quantitative estimate of drug-likeness (QED) is 0.352. The van der Waals surface area contributed by atoms with Crippen molar-refractivity contribution < 1.29 is 14.2 Å². The van der Waals surface area contributed by atoms with Crippen LogP contribution in [0.15, 0.2) is 97.1 Å². The second kappa shape index (κ2) is 10.4. The third-order valence-electron chi connectivity index (χ3n) is 6.16. The molecule has 4 aromatic rings. The molecule has 1 N–H and O–H groups in total. The molecule has 172 valence electrons. The van der Waals surface area contributed by atoms with E-state index in [1.54, 1.807) is 7.11 Å². The molecule has 0 bridgehead atoms. The number of fused-ring (bicyclic) bond motifs is 1. The number of hydrogen-bond acceptors (Lipinski definition) is 4. The largest absolute Gasteiger partial charge is 0.493 e. The Hall–Kier alpha value is -3.76. The molecule has 34 heavy (non-hydrogen) atoms. The van der Waals surface area contributed by atoms with Gasteiger partial charge in [0.15, 0.2) is 11.5 Å². The average molecular weight is 452 g/mol. The molecule has 4 nitrogen and oxygen atoms in total. The molecule has 1 heterocycles. The van der Waals surface area contributed by atoms with Crippen LogP contribution < -0.4 is 19.5 Å². The first-order valence-electron chi connectivity index (χ1n) is 11.7. The summed E-state index contributed by atoms with van der Waals surface area (Å²) in [6, 6.07) is 33.1. The maximum absolute atomic E-state index is 6.20. The lowest BCUT2D eigenvalue weighted by Crippen LogP contribution is -2.30. The number of hydrogen-bond donors (Lipinski definition) is 1. The average Bonchev–Trinajstić information content (AvgIpc) is 2.91. The number of benzene rings is 4. The molecular formula is C30H29NO3. The van der Waals surface area contributed by atoms with Crippen LogP contribution in [-0.4, -0.2) is 13.7 Å². The van der Waals surface area contributed by atoms with E-state index in [2.05, 4.69) is 59.9 Å². The standard InChI is InChI=1S/C30H29NO3/c1-32-28-18-24-15-16-31-30(27(24)19-29(28)34-21-23-11-6-3-7-12-23)25-13-8-14-26(17-25)33-20-22-9-4-2-5-10-22/h2-14,17-19,30-31H,15-16,20-21H2,1H3. The first kappa shape index (κ1) is 22.1. The zero-order valence-corrected chi connectivity index (χ0v) is 19.4. The number of nitrogens with one attached hydrogen (secondary N) is 1. The van der Waals surface area contributed by atoms with Gasteiger partial charge < -0.3 is 19.5 Å². The minimum absolute atomic E-state index is 0.0639. The van der Waals surface area contributed by atoms with Crippen molar-refractivity contribution >= 4 is 0 Å². The van der Waals surface area contributed by atoms with Crippen LogP contribution in [0.2, 0.25) is 0 Å². The van der Waals surface area contributed by atoms with Gasteiger partial charge >= 0.3 is 0 Å². The maximum atomic E-state index is 6.20. The Morgan fingerprint density at radius 2 is 1.44 bits per heavy atom. The van der Waals surface area contributed by atoms with Crippen LogP contribution in [0.3, 0.4) is 0 Å². The molecule has 0 spiro atoms. The molecule has 0 saturated heterocycles. The molecular weight excluding hydrogens is 422 g/mol. The van der Waals surface area contributed by atoms with Gasteiger partial charge in [0.05, 0.1) is 13.2 Å². The van der Waals surface area contributed by atoms with E-state index in [9.17, 15) is 0 Å². The van der Waals surface area contributed by atoms with E-state index in [-0.39, 0.29) is 6.04 Å². The fourth-order valence-electron chi connectivity index (χ4n) is 4.39. The third kappa shape index (κ3) is 5.08. The van der Waals surface area contributed by atoms with E-state index in [4.69, 9.17) is 14.2 Å². The fourth-order valence-corrected chi connectivity index (χ4v) is 4.39. The van der Waals surface area contributed by atoms with Crippen LogP contribution >= 0.6 is 0 Å². The summed E-state index contributed by atoms with van der Waals surface area (Å²) >= 11 is 0. The normalized spacial score (nSPS) is 14.8. The summed E-state index contributed by atoms with van der Waals surface area (Å²) in [4.78, 5) is 0. The van der Waals surface area contributed by atoms with Gasteiger partial charge in [-0.1, -0.05) is 72.8 Å². The van der Waals surface area contributed by atoms with Crippen molar-refractivity contribution in [2.75, 3.05) is 13.7 Å². The Morgan fingerprint density at radius 3 is 2.15 bits per heavy atom. The zero-order valence-electron chi connectivity index (χ0n) is 19.4. The molecule has 1 unspecified atom stereocenters. The molecule has 0 amide bonds. The molecule has 0 aromatic heterocycles. The van der Waals surface area contributed by atoms with Gasteiger partial charge in [0.2, 0.25) is 0 Å². The molecule has 4 aromatic carbocycles. The number of ether oxygens (including phenoxy) is 3. The maximum Gasteiger partial charge on any atom is 0.162 e. The highest BCUT2D eigenvalue weighted by Gasteiger charge is 2.24. The molecule has 5 rings (SSSR count). The van der Waals surface area contributed by atoms with Gasteiger partial charge in [0.25, 0.3) is 0 Å². The van der Waals surface area contributed by atoms with Crippen LogP contribution in [0.1, 0.15) is 33.9 Å². The lowest BCUT2D eigenvalue weighted by Gasteiger charge is -2.29. The van der Waals surface area contributed by atoms with Gasteiger partial charge in [0, 0.05) is 6.54 Å². The van der Waals surface area contributed by atoms with Crippen LogP contribution in [0, 0.1) is 0 Å². The first-order valence-corrected chi connectivity index (χ1v) is 11.7. The van der Waals surface area contributed by atoms with Gasteiger partial charge in [-0.3, -0.25) is 0 Å². The highest BCUT2D eigenvalue weighted by molar-refractivity contribution is 5.52. The Labute approximate surface area is 201 Å². The van der Waals surface area contributed by atoms with Crippen LogP contribution in [0.5, 0.6) is 17.2 Å². The van der Waals surface area contributed by atoms with Crippen molar-refractivity contribution in [2.45, 2.75) is 25.7 Å². The van der Waals surface area contributed by atoms with Crippen LogP contribution in [0.4, 0.5) is 0 Å². The zero-order chi connectivity index (χ0) is 23.2. The van der Waals surface area contributed by atoms with E-state index >= 15 is 0 Å². The topological polar surface area (TPSA) is 39.7 Å². The number of rotatable bonds is 8. The van der Waals surface area contributed by atoms with Crippen molar-refractivity contribution in [1.82, 2.24) is 5.32 Å². The molecule has 0 fully saturated rings. The van der Waals surface area contributed by atoms with Crippen LogP contribution in [-0.2, 0) is 19.6 Å². The van der Waals surface area contributed by atoms with Gasteiger partial charge in [-0.2, -0.15) is 0 Å². The van der Waals surface area contributed by atoms with Crippen molar-refractivity contribution in [1.29, 1.82) is 0 Å². The Kier molecular flexibility index (Phi) is 6.78. The Balaban J connectivity index is 1.39. The molecule has 0 radical (unpaired) electrons. The third-order valence-corrected chi connectivity index (χ3v) is 6.16. The van der Waals surface area contributed by atoms with Crippen molar-refractivity contribution in [3.8, 4) is 17.2 Å². The SMILES string of the molecule is COc1cc2c(cc1OCc1ccccc1)C(c1cccc(OCc3ccccc3)c1)NCC2. The van der Waals surface area contributed by atoms with Gasteiger partial charge in [-0.25, -0.2) is 0 Å². The highest BCUT2D eigenvalue weighted by atomic mass is 16.5. The molecule has 4 heteroatoms. The Bertz CT molecular complexity index is 1220. The minimum atomic E-state index is 0.0639. The van der Waals surface area contributed by atoms with Gasteiger partial charge in [-0.15, -0.1) is 0 Å². The van der Waals surface area contributed by atoms with E-state index in [0.29, 0.717) is 13.2 Å². The molecule has 0 saturated carbocycles. The lowest BCUT2D eigenvalue weighted by molar-refractivity contribution is 0.283. The van der Waals surface area contributed by atoms with E-state index in [0.717, 1.165) is 41.3 Å². The van der Waals surface area contributed by atoms with E-state index in [1.807, 2.05) is 42.5 Å². The summed E-state index contributed by atoms with van der Waals surface area (Å²) in [5, 5.41) is 3.68. The van der Waals surface area contributed by atoms with Crippen LogP contribution in [0.25, 0.3) is 0 Å². The smallest absolute Gasteiger partial charge is 0.162 e. The predicted molar refractivity (Wildman–Crippen MR) is 135 cm³/mol. The fraction of sp³-hybridized carbons (Fsp3) is 0.200. The van der Waals surface area contributed by atoms with Gasteiger partial charge in [-0.05, 0) is 58.5 Å². The first-order chi connectivity index (χ1) is 16.8. The summed E-state index contributed by atoms with van der Waals surface area (Å²) in [5.74, 6) is 2.40. The van der Waals surface area contributed by atoms with Crippen molar-refractivity contribution in [2.24, 2.45) is 0 Å². The highest BCUT2D eigenvalue weighted by Crippen LogP contribution is 2.38. The number of methoxy groups -OCH3 is 1. The minimum Gasteiger partial charge on any atom is -0.493 e. The molecule has 1 atom stereocenters.